The van der Waals surface area contributed by atoms with Gasteiger partial charge in [0, 0.05) is 36.1 Å². The summed E-state index contributed by atoms with van der Waals surface area (Å²) >= 11 is 0. The molecular weight excluding hydrogens is 402 g/mol. The van der Waals surface area contributed by atoms with E-state index in [4.69, 9.17) is 4.52 Å². The normalized spacial score (nSPS) is 18.5. The lowest BCUT2D eigenvalue weighted by Crippen LogP contribution is -2.36. The van der Waals surface area contributed by atoms with Crippen LogP contribution >= 0.6 is 0 Å². The summed E-state index contributed by atoms with van der Waals surface area (Å²) in [5.41, 5.74) is 3.72. The third-order valence-electron chi connectivity index (χ3n) is 5.80. The third kappa shape index (κ3) is 4.15. The molecule has 0 aliphatic carbocycles. The van der Waals surface area contributed by atoms with Gasteiger partial charge in [-0.15, -0.1) is 0 Å². The Bertz CT molecular complexity index is 1190. The summed E-state index contributed by atoms with van der Waals surface area (Å²) in [5, 5.41) is 7.25. The maximum Gasteiger partial charge on any atom is 0.251 e. The van der Waals surface area contributed by atoms with Gasteiger partial charge in [-0.05, 0) is 48.9 Å². The van der Waals surface area contributed by atoms with Crippen LogP contribution < -0.4 is 5.32 Å². The number of likely N-dealkylation sites (tertiary alicyclic amines) is 1. The lowest BCUT2D eigenvalue weighted by Gasteiger charge is -2.14. The summed E-state index contributed by atoms with van der Waals surface area (Å²) in [7, 11) is 2.00. The van der Waals surface area contributed by atoms with Gasteiger partial charge in [-0.3, -0.25) is 14.7 Å². The standard InChI is InChI=1S/C25H23N5O2/c1-30-16-21(15-22(30)25-28-23(29-32-25)19-11-13-26-14-12-19)27-24(31)20-9-7-18(8-10-20)17-5-3-2-4-6-17/h2-14,21-22H,15-16H2,1H3,(H,27,31)/t21-,22-/m0/s1. The third-order valence-corrected chi connectivity index (χ3v) is 5.80. The van der Waals surface area contributed by atoms with Crippen molar-refractivity contribution in [1.82, 2.24) is 25.3 Å². The first kappa shape index (κ1) is 20.1. The molecule has 5 rings (SSSR count). The molecular formula is C25H23N5O2. The predicted molar refractivity (Wildman–Crippen MR) is 121 cm³/mol. The van der Waals surface area contributed by atoms with E-state index in [9.17, 15) is 4.79 Å². The molecule has 2 aromatic heterocycles. The van der Waals surface area contributed by atoms with Gasteiger partial charge in [-0.1, -0.05) is 47.6 Å². The van der Waals surface area contributed by atoms with E-state index < -0.39 is 0 Å². The van der Waals surface area contributed by atoms with E-state index in [1.807, 2.05) is 61.6 Å². The van der Waals surface area contributed by atoms with Crippen molar-refractivity contribution in [2.24, 2.45) is 0 Å². The second-order valence-electron chi connectivity index (χ2n) is 8.00. The maximum absolute atomic E-state index is 12.8. The number of hydrogen-bond acceptors (Lipinski definition) is 6. The average Bonchev–Trinajstić information content (AvgIpc) is 3.47. The molecule has 0 radical (unpaired) electrons. The zero-order chi connectivity index (χ0) is 21.9. The zero-order valence-electron chi connectivity index (χ0n) is 17.7. The highest BCUT2D eigenvalue weighted by atomic mass is 16.5. The van der Waals surface area contributed by atoms with Crippen LogP contribution in [0.5, 0.6) is 0 Å². The van der Waals surface area contributed by atoms with Crippen LogP contribution in [0.3, 0.4) is 0 Å². The van der Waals surface area contributed by atoms with E-state index in [0.29, 0.717) is 30.2 Å². The Kier molecular flexibility index (Phi) is 5.47. The number of nitrogens with zero attached hydrogens (tertiary/aromatic N) is 4. The number of pyridine rings is 1. The first-order valence-electron chi connectivity index (χ1n) is 10.6. The number of rotatable bonds is 5. The van der Waals surface area contributed by atoms with Crippen LogP contribution in [0.15, 0.2) is 83.6 Å². The van der Waals surface area contributed by atoms with Gasteiger partial charge in [-0.25, -0.2) is 0 Å². The quantitative estimate of drug-likeness (QED) is 0.521. The van der Waals surface area contributed by atoms with E-state index >= 15 is 0 Å². The highest BCUT2D eigenvalue weighted by Crippen LogP contribution is 2.31. The fourth-order valence-corrected chi connectivity index (χ4v) is 4.09. The number of likely N-dealkylation sites (N-methyl/N-ethyl adjacent to an activating group) is 1. The number of benzene rings is 2. The fourth-order valence-electron chi connectivity index (χ4n) is 4.09. The maximum atomic E-state index is 12.8. The Morgan fingerprint density at radius 1 is 0.969 bits per heavy atom. The van der Waals surface area contributed by atoms with E-state index in [0.717, 1.165) is 16.7 Å². The van der Waals surface area contributed by atoms with Gasteiger partial charge in [0.25, 0.3) is 5.91 Å². The molecule has 1 aliphatic rings. The van der Waals surface area contributed by atoms with E-state index in [1.54, 1.807) is 12.4 Å². The highest BCUT2D eigenvalue weighted by molar-refractivity contribution is 5.94. The molecule has 160 valence electrons. The number of hydrogen-bond donors (Lipinski definition) is 1. The molecule has 0 spiro atoms. The number of carbonyl (C=O) groups excluding carboxylic acids is 1. The van der Waals surface area contributed by atoms with Crippen molar-refractivity contribution >= 4 is 5.91 Å². The molecule has 1 saturated heterocycles. The van der Waals surface area contributed by atoms with Crippen molar-refractivity contribution in [1.29, 1.82) is 0 Å². The van der Waals surface area contributed by atoms with E-state index in [2.05, 4.69) is 37.5 Å². The predicted octanol–water partition coefficient (Wildman–Crippen LogP) is 3.97. The molecule has 2 aromatic carbocycles. The van der Waals surface area contributed by atoms with Gasteiger partial charge in [0.1, 0.15) is 0 Å². The summed E-state index contributed by atoms with van der Waals surface area (Å²) in [5.74, 6) is 1.02. The van der Waals surface area contributed by atoms with Crippen LogP contribution in [0.25, 0.3) is 22.5 Å². The minimum absolute atomic E-state index is 0.00238. The number of nitrogens with one attached hydrogen (secondary N) is 1. The number of amides is 1. The largest absolute Gasteiger partial charge is 0.348 e. The molecule has 1 N–H and O–H groups in total. The first-order chi connectivity index (χ1) is 15.7. The van der Waals surface area contributed by atoms with Gasteiger partial charge in [-0.2, -0.15) is 4.98 Å². The van der Waals surface area contributed by atoms with E-state index in [1.165, 1.54) is 0 Å². The Morgan fingerprint density at radius 2 is 1.69 bits per heavy atom. The van der Waals surface area contributed by atoms with Crippen LogP contribution in [-0.2, 0) is 0 Å². The van der Waals surface area contributed by atoms with Gasteiger partial charge >= 0.3 is 0 Å². The Morgan fingerprint density at radius 3 is 2.44 bits per heavy atom. The SMILES string of the molecule is CN1C[C@@H](NC(=O)c2ccc(-c3ccccc3)cc2)C[C@H]1c1nc(-c2ccncc2)no1. The smallest absolute Gasteiger partial charge is 0.251 e. The molecule has 1 amide bonds. The molecule has 32 heavy (non-hydrogen) atoms. The van der Waals surface area contributed by atoms with Crippen LogP contribution in [-0.4, -0.2) is 45.6 Å². The molecule has 2 atom stereocenters. The summed E-state index contributed by atoms with van der Waals surface area (Å²) in [4.78, 5) is 23.5. The van der Waals surface area contributed by atoms with Crippen molar-refractivity contribution in [3.63, 3.8) is 0 Å². The van der Waals surface area contributed by atoms with Gasteiger partial charge < -0.3 is 9.84 Å². The lowest BCUT2D eigenvalue weighted by atomic mass is 10.0. The van der Waals surface area contributed by atoms with Crippen LogP contribution in [0.2, 0.25) is 0 Å². The van der Waals surface area contributed by atoms with Crippen molar-refractivity contribution in [2.45, 2.75) is 18.5 Å². The van der Waals surface area contributed by atoms with Gasteiger partial charge in [0.2, 0.25) is 11.7 Å². The molecule has 0 unspecified atom stereocenters. The second-order valence-corrected chi connectivity index (χ2v) is 8.00. The van der Waals surface area contributed by atoms with E-state index in [-0.39, 0.29) is 18.0 Å². The van der Waals surface area contributed by atoms with Crippen molar-refractivity contribution in [3.05, 3.63) is 90.6 Å². The molecule has 0 bridgehead atoms. The van der Waals surface area contributed by atoms with Gasteiger partial charge in [0.15, 0.2) is 0 Å². The lowest BCUT2D eigenvalue weighted by molar-refractivity contribution is 0.0938. The average molecular weight is 425 g/mol. The van der Waals surface area contributed by atoms with Crippen LogP contribution in [0, 0.1) is 0 Å². The summed E-state index contributed by atoms with van der Waals surface area (Å²) in [6, 6.07) is 21.5. The Hall–Kier alpha value is -3.84. The second kappa shape index (κ2) is 8.72. The molecule has 7 heteroatoms. The van der Waals surface area contributed by atoms with Crippen LogP contribution in [0.4, 0.5) is 0 Å². The number of carbonyl (C=O) groups is 1. The summed E-state index contributed by atoms with van der Waals surface area (Å²) < 4.78 is 5.53. The highest BCUT2D eigenvalue weighted by Gasteiger charge is 2.35. The number of aromatic nitrogens is 3. The van der Waals surface area contributed by atoms with Crippen LogP contribution in [0.1, 0.15) is 28.7 Å². The van der Waals surface area contributed by atoms with Crippen molar-refractivity contribution < 1.29 is 9.32 Å². The first-order valence-corrected chi connectivity index (χ1v) is 10.6. The Labute approximate surface area is 186 Å². The van der Waals surface area contributed by atoms with Crippen molar-refractivity contribution in [2.75, 3.05) is 13.6 Å². The summed E-state index contributed by atoms with van der Waals surface area (Å²) in [6.07, 6.45) is 4.11. The summed E-state index contributed by atoms with van der Waals surface area (Å²) in [6.45, 7) is 0.714. The molecule has 4 aromatic rings. The van der Waals surface area contributed by atoms with Gasteiger partial charge in [0.05, 0.1) is 6.04 Å². The molecule has 1 aliphatic heterocycles. The molecule has 0 saturated carbocycles. The minimum Gasteiger partial charge on any atom is -0.348 e. The monoisotopic (exact) mass is 425 g/mol. The Balaban J connectivity index is 1.23. The molecule has 3 heterocycles. The van der Waals surface area contributed by atoms with Crippen molar-refractivity contribution in [3.8, 4) is 22.5 Å². The fraction of sp³-hybridized carbons (Fsp3) is 0.200. The molecule has 7 nitrogen and oxygen atoms in total. The topological polar surface area (TPSA) is 84.2 Å². The minimum atomic E-state index is -0.0772. The molecule has 1 fully saturated rings. The zero-order valence-corrected chi connectivity index (χ0v) is 17.7.